The molecule has 1 saturated carbocycles. The lowest BCUT2D eigenvalue weighted by atomic mass is 9.89. The molecule has 25 heavy (non-hydrogen) atoms. The Morgan fingerprint density at radius 2 is 1.84 bits per heavy atom. The second-order valence-corrected chi connectivity index (χ2v) is 6.77. The maximum absolute atomic E-state index is 12.2. The van der Waals surface area contributed by atoms with Crippen LogP contribution in [0.4, 0.5) is 0 Å². The van der Waals surface area contributed by atoms with Crippen LogP contribution in [0.2, 0.25) is 0 Å². The highest BCUT2D eigenvalue weighted by atomic mass is 16.1. The third kappa shape index (κ3) is 3.40. The summed E-state index contributed by atoms with van der Waals surface area (Å²) >= 11 is 0. The molecule has 0 aliphatic heterocycles. The number of H-pyrrole nitrogens is 1. The molecule has 1 fully saturated rings. The Morgan fingerprint density at radius 3 is 2.64 bits per heavy atom. The van der Waals surface area contributed by atoms with Crippen molar-refractivity contribution in [1.82, 2.24) is 20.0 Å². The summed E-state index contributed by atoms with van der Waals surface area (Å²) in [5.41, 5.74) is 3.66. The van der Waals surface area contributed by atoms with Crippen molar-refractivity contribution in [3.63, 3.8) is 0 Å². The summed E-state index contributed by atoms with van der Waals surface area (Å²) in [4.78, 5) is 12.2. The third-order valence-corrected chi connectivity index (χ3v) is 5.00. The van der Waals surface area contributed by atoms with Crippen LogP contribution in [0, 0.1) is 5.92 Å². The van der Waals surface area contributed by atoms with Crippen molar-refractivity contribution in [3.8, 4) is 22.5 Å². The minimum Gasteiger partial charge on any atom is -0.277 e. The molecule has 0 spiro atoms. The quantitative estimate of drug-likeness (QED) is 0.787. The van der Waals surface area contributed by atoms with Crippen LogP contribution in [0.3, 0.4) is 0 Å². The van der Waals surface area contributed by atoms with E-state index in [0.717, 1.165) is 22.5 Å². The Bertz CT molecular complexity index is 891. The fourth-order valence-electron chi connectivity index (χ4n) is 3.64. The zero-order valence-electron chi connectivity index (χ0n) is 14.2. The zero-order valence-corrected chi connectivity index (χ0v) is 14.2. The molecule has 1 aromatic carbocycles. The van der Waals surface area contributed by atoms with Crippen LogP contribution >= 0.6 is 0 Å². The van der Waals surface area contributed by atoms with Crippen molar-refractivity contribution < 1.29 is 0 Å². The largest absolute Gasteiger partial charge is 0.277 e. The topological polar surface area (TPSA) is 63.6 Å². The molecule has 0 amide bonds. The van der Waals surface area contributed by atoms with Gasteiger partial charge in [0.05, 0.1) is 17.6 Å². The normalized spacial score (nSPS) is 15.4. The summed E-state index contributed by atoms with van der Waals surface area (Å²) in [6.45, 7) is 0.713. The van der Waals surface area contributed by atoms with Gasteiger partial charge in [0.25, 0.3) is 5.56 Å². The van der Waals surface area contributed by atoms with E-state index in [-0.39, 0.29) is 5.56 Å². The van der Waals surface area contributed by atoms with Crippen LogP contribution < -0.4 is 5.56 Å². The van der Waals surface area contributed by atoms with Gasteiger partial charge in [0, 0.05) is 23.7 Å². The van der Waals surface area contributed by atoms with E-state index in [9.17, 15) is 4.79 Å². The molecule has 0 radical (unpaired) electrons. The summed E-state index contributed by atoms with van der Waals surface area (Å²) in [6.07, 6.45) is 8.01. The van der Waals surface area contributed by atoms with Gasteiger partial charge in [0.1, 0.15) is 0 Å². The number of nitrogens with one attached hydrogen (secondary N) is 1. The highest BCUT2D eigenvalue weighted by molar-refractivity contribution is 5.78. The van der Waals surface area contributed by atoms with Crippen molar-refractivity contribution in [1.29, 1.82) is 0 Å². The predicted molar refractivity (Wildman–Crippen MR) is 98.1 cm³/mol. The molecule has 4 rings (SSSR count). The molecule has 3 aromatic rings. The minimum absolute atomic E-state index is 0.0286. The van der Waals surface area contributed by atoms with Gasteiger partial charge in [-0.2, -0.15) is 10.2 Å². The lowest BCUT2D eigenvalue weighted by molar-refractivity contribution is 0.303. The number of nitrogens with zero attached hydrogens (tertiary/aromatic N) is 3. The van der Waals surface area contributed by atoms with Crippen LogP contribution in [-0.2, 0) is 6.54 Å². The van der Waals surface area contributed by atoms with Crippen molar-refractivity contribution >= 4 is 0 Å². The molecule has 0 atom stereocenters. The van der Waals surface area contributed by atoms with E-state index in [2.05, 4.69) is 15.3 Å². The van der Waals surface area contributed by atoms with E-state index >= 15 is 0 Å². The van der Waals surface area contributed by atoms with Crippen molar-refractivity contribution in [2.24, 2.45) is 5.92 Å². The summed E-state index contributed by atoms with van der Waals surface area (Å²) in [5.74, 6) is 0.562. The monoisotopic (exact) mass is 334 g/mol. The minimum atomic E-state index is -0.0286. The molecule has 5 heteroatoms. The van der Waals surface area contributed by atoms with Crippen molar-refractivity contribution in [3.05, 3.63) is 59.0 Å². The molecular weight excluding hydrogens is 312 g/mol. The smallest absolute Gasteiger partial charge is 0.266 e. The van der Waals surface area contributed by atoms with Crippen LogP contribution in [0.1, 0.15) is 32.1 Å². The van der Waals surface area contributed by atoms with Crippen molar-refractivity contribution in [2.75, 3.05) is 0 Å². The SMILES string of the molecule is O=c1ccc(-c2cn[nH]c2-c2ccccc2)nn1CC1CCCCC1. The molecule has 0 unspecified atom stereocenters. The van der Waals surface area contributed by atoms with Gasteiger partial charge in [0.2, 0.25) is 0 Å². The third-order valence-electron chi connectivity index (χ3n) is 5.00. The number of aromatic amines is 1. The van der Waals surface area contributed by atoms with Gasteiger partial charge in [-0.15, -0.1) is 0 Å². The summed E-state index contributed by atoms with van der Waals surface area (Å²) < 4.78 is 1.63. The Morgan fingerprint density at radius 1 is 1.04 bits per heavy atom. The van der Waals surface area contributed by atoms with Gasteiger partial charge in [-0.25, -0.2) is 4.68 Å². The average molecular weight is 334 g/mol. The molecule has 1 N–H and O–H groups in total. The van der Waals surface area contributed by atoms with Crippen LogP contribution in [-0.4, -0.2) is 20.0 Å². The number of benzene rings is 1. The van der Waals surface area contributed by atoms with E-state index in [0.29, 0.717) is 12.5 Å². The molecular formula is C20H22N4O. The molecule has 128 valence electrons. The maximum Gasteiger partial charge on any atom is 0.266 e. The predicted octanol–water partition coefficient (Wildman–Crippen LogP) is 3.88. The van der Waals surface area contributed by atoms with Crippen molar-refractivity contribution in [2.45, 2.75) is 38.6 Å². The van der Waals surface area contributed by atoms with Crippen LogP contribution in [0.15, 0.2) is 53.5 Å². The Labute approximate surface area is 146 Å². The first kappa shape index (κ1) is 15.8. The summed E-state index contributed by atoms with van der Waals surface area (Å²) in [5, 5.41) is 11.9. The molecule has 2 heterocycles. The molecule has 5 nitrogen and oxygen atoms in total. The number of hydrogen-bond acceptors (Lipinski definition) is 3. The van der Waals surface area contributed by atoms with Gasteiger partial charge in [-0.05, 0) is 24.8 Å². The first-order valence-electron chi connectivity index (χ1n) is 8.98. The number of rotatable bonds is 4. The molecule has 0 bridgehead atoms. The van der Waals surface area contributed by atoms with Gasteiger partial charge in [0.15, 0.2) is 0 Å². The van der Waals surface area contributed by atoms with E-state index in [1.807, 2.05) is 30.3 Å². The Hall–Kier alpha value is -2.69. The highest BCUT2D eigenvalue weighted by Gasteiger charge is 2.17. The Kier molecular flexibility index (Phi) is 4.46. The number of aromatic nitrogens is 4. The molecule has 2 aromatic heterocycles. The second kappa shape index (κ2) is 7.05. The van der Waals surface area contributed by atoms with Crippen LogP contribution in [0.25, 0.3) is 22.5 Å². The van der Waals surface area contributed by atoms with Gasteiger partial charge >= 0.3 is 0 Å². The van der Waals surface area contributed by atoms with E-state index < -0.39 is 0 Å². The van der Waals surface area contributed by atoms with E-state index in [1.54, 1.807) is 23.0 Å². The summed E-state index contributed by atoms with van der Waals surface area (Å²) in [6, 6.07) is 13.5. The first-order valence-corrected chi connectivity index (χ1v) is 8.98. The lowest BCUT2D eigenvalue weighted by Crippen LogP contribution is -2.27. The standard InChI is InChI=1S/C20H22N4O/c25-19-12-11-18(23-24(19)14-15-7-3-1-4-8-15)17-13-21-22-20(17)16-9-5-2-6-10-16/h2,5-6,9-13,15H,1,3-4,7-8,14H2,(H,21,22). The molecule has 0 saturated heterocycles. The highest BCUT2D eigenvalue weighted by Crippen LogP contribution is 2.28. The second-order valence-electron chi connectivity index (χ2n) is 6.77. The van der Waals surface area contributed by atoms with E-state index in [1.165, 1.54) is 32.1 Å². The van der Waals surface area contributed by atoms with Gasteiger partial charge in [-0.1, -0.05) is 49.6 Å². The van der Waals surface area contributed by atoms with Gasteiger partial charge < -0.3 is 0 Å². The molecule has 1 aliphatic carbocycles. The van der Waals surface area contributed by atoms with Gasteiger partial charge in [-0.3, -0.25) is 9.89 Å². The first-order chi connectivity index (χ1) is 12.3. The molecule has 1 aliphatic rings. The number of hydrogen-bond donors (Lipinski definition) is 1. The van der Waals surface area contributed by atoms with E-state index in [4.69, 9.17) is 0 Å². The van der Waals surface area contributed by atoms with Crippen LogP contribution in [0.5, 0.6) is 0 Å². The lowest BCUT2D eigenvalue weighted by Gasteiger charge is -2.21. The maximum atomic E-state index is 12.2. The average Bonchev–Trinajstić information content (AvgIpc) is 3.15. The Balaban J connectivity index is 1.67. The fraction of sp³-hybridized carbons (Fsp3) is 0.350. The summed E-state index contributed by atoms with van der Waals surface area (Å²) in [7, 11) is 0. The fourth-order valence-corrected chi connectivity index (χ4v) is 3.64. The zero-order chi connectivity index (χ0) is 17.1.